The molecular weight excluding hydrogens is 386 g/mol. The van der Waals surface area contributed by atoms with Crippen LogP contribution in [0.4, 0.5) is 11.5 Å². The van der Waals surface area contributed by atoms with Crippen molar-refractivity contribution in [3.05, 3.63) is 53.2 Å². The molecule has 3 aromatic rings. The quantitative estimate of drug-likeness (QED) is 0.630. The highest BCUT2D eigenvalue weighted by molar-refractivity contribution is 7.19. The first-order valence-electron chi connectivity index (χ1n) is 9.43. The number of phenolic OH excluding ortho intramolecular Hbond substituents is 1. The van der Waals surface area contributed by atoms with Crippen molar-refractivity contribution in [3.63, 3.8) is 0 Å². The molecule has 1 amide bonds. The molecule has 8 heteroatoms. The molecule has 0 atom stereocenters. The average Bonchev–Trinajstić information content (AvgIpc) is 3.06. The van der Waals surface area contributed by atoms with Crippen LogP contribution < -0.4 is 5.32 Å². The fourth-order valence-electron chi connectivity index (χ4n) is 3.40. The second-order valence-corrected chi connectivity index (χ2v) is 8.34. The lowest BCUT2D eigenvalue weighted by atomic mass is 10.0. The smallest absolute Gasteiger partial charge is 0.246 e. The van der Waals surface area contributed by atoms with Crippen molar-refractivity contribution in [2.75, 3.05) is 32.5 Å². The molecule has 0 spiro atoms. The Kier molecular flexibility index (Phi) is 5.46. The Hall–Kier alpha value is -2.97. The highest BCUT2D eigenvalue weighted by atomic mass is 32.1. The van der Waals surface area contributed by atoms with Crippen LogP contribution in [0.15, 0.2) is 42.7 Å². The van der Waals surface area contributed by atoms with Crippen LogP contribution in [-0.2, 0) is 17.8 Å². The van der Waals surface area contributed by atoms with Gasteiger partial charge in [0.2, 0.25) is 5.91 Å². The summed E-state index contributed by atoms with van der Waals surface area (Å²) in [6, 6.07) is 6.96. The fourth-order valence-corrected chi connectivity index (χ4v) is 4.60. The van der Waals surface area contributed by atoms with Crippen molar-refractivity contribution < 1.29 is 9.90 Å². The third-order valence-electron chi connectivity index (χ3n) is 4.79. The van der Waals surface area contributed by atoms with E-state index in [2.05, 4.69) is 15.3 Å². The minimum Gasteiger partial charge on any atom is -0.508 e. The van der Waals surface area contributed by atoms with Crippen LogP contribution in [0.1, 0.15) is 10.4 Å². The maximum Gasteiger partial charge on any atom is 0.246 e. The number of nitrogens with zero attached hydrogens (tertiary/aromatic N) is 4. The standard InChI is InChI=1S/C21H23N5O2S/c1-25(2)9-4-7-18(28)26-10-8-16-17(12-26)29-21-19(16)20(22-13-23-21)24-14-5-3-6-15(27)11-14/h3-7,11,13,27H,8-10,12H2,1-2H3,(H,22,23,24). The van der Waals surface area contributed by atoms with Crippen molar-refractivity contribution >= 4 is 39.0 Å². The van der Waals surface area contributed by atoms with Crippen LogP contribution in [0, 0.1) is 0 Å². The van der Waals surface area contributed by atoms with Crippen LogP contribution in [0.25, 0.3) is 10.2 Å². The summed E-state index contributed by atoms with van der Waals surface area (Å²) >= 11 is 1.61. The molecule has 150 valence electrons. The highest BCUT2D eigenvalue weighted by Crippen LogP contribution is 2.38. The Bertz CT molecular complexity index is 1080. The number of thiophene rings is 1. The third-order valence-corrected chi connectivity index (χ3v) is 5.91. The van der Waals surface area contributed by atoms with E-state index < -0.39 is 0 Å². The number of anilines is 2. The lowest BCUT2D eigenvalue weighted by Gasteiger charge is -2.26. The molecule has 2 N–H and O–H groups in total. The van der Waals surface area contributed by atoms with Gasteiger partial charge in [-0.15, -0.1) is 11.3 Å². The maximum atomic E-state index is 12.5. The average molecular weight is 410 g/mol. The van der Waals surface area contributed by atoms with Gasteiger partial charge in [0.1, 0.15) is 22.7 Å². The first kappa shape index (κ1) is 19.4. The number of hydrogen-bond acceptors (Lipinski definition) is 7. The summed E-state index contributed by atoms with van der Waals surface area (Å²) in [6.07, 6.45) is 5.87. The number of amides is 1. The van der Waals surface area contributed by atoms with E-state index in [1.54, 1.807) is 41.9 Å². The molecule has 7 nitrogen and oxygen atoms in total. The topological polar surface area (TPSA) is 81.6 Å². The van der Waals surface area contributed by atoms with Gasteiger partial charge in [0.15, 0.2) is 0 Å². The molecule has 0 unspecified atom stereocenters. The SMILES string of the molecule is CN(C)CC=CC(=O)N1CCc2c(sc3ncnc(Nc4cccc(O)c4)c23)C1. The van der Waals surface area contributed by atoms with Crippen molar-refractivity contribution in [2.24, 2.45) is 0 Å². The lowest BCUT2D eigenvalue weighted by Crippen LogP contribution is -2.34. The number of hydrogen-bond donors (Lipinski definition) is 2. The molecule has 1 aliphatic heterocycles. The first-order chi connectivity index (χ1) is 14.0. The molecule has 29 heavy (non-hydrogen) atoms. The molecule has 2 aromatic heterocycles. The van der Waals surface area contributed by atoms with Crippen LogP contribution >= 0.6 is 11.3 Å². The zero-order valence-electron chi connectivity index (χ0n) is 16.4. The summed E-state index contributed by atoms with van der Waals surface area (Å²) in [5.41, 5.74) is 1.97. The fraction of sp³-hybridized carbons (Fsp3) is 0.286. The van der Waals surface area contributed by atoms with E-state index in [1.165, 1.54) is 5.56 Å². The van der Waals surface area contributed by atoms with E-state index in [-0.39, 0.29) is 11.7 Å². The number of carbonyl (C=O) groups is 1. The Labute approximate surface area is 173 Å². The molecule has 4 rings (SSSR count). The monoisotopic (exact) mass is 409 g/mol. The number of fused-ring (bicyclic) bond motifs is 3. The minimum atomic E-state index is 0.0409. The normalized spacial score (nSPS) is 14.0. The predicted octanol–water partition coefficient (Wildman–Crippen LogP) is 3.14. The zero-order valence-corrected chi connectivity index (χ0v) is 17.2. The predicted molar refractivity (Wildman–Crippen MR) is 116 cm³/mol. The van der Waals surface area contributed by atoms with Crippen molar-refractivity contribution in [1.82, 2.24) is 19.8 Å². The Balaban J connectivity index is 1.59. The van der Waals surface area contributed by atoms with Gasteiger partial charge in [-0.05, 0) is 38.2 Å². The molecule has 0 bridgehead atoms. The van der Waals surface area contributed by atoms with Crippen molar-refractivity contribution in [1.29, 1.82) is 0 Å². The Morgan fingerprint density at radius 3 is 3.03 bits per heavy atom. The summed E-state index contributed by atoms with van der Waals surface area (Å²) in [4.78, 5) is 27.3. The lowest BCUT2D eigenvalue weighted by molar-refractivity contribution is -0.126. The maximum absolute atomic E-state index is 12.5. The van der Waals surface area contributed by atoms with Gasteiger partial charge in [-0.3, -0.25) is 4.79 Å². The van der Waals surface area contributed by atoms with E-state index in [4.69, 9.17) is 0 Å². The van der Waals surface area contributed by atoms with Crippen LogP contribution in [-0.4, -0.2) is 58.0 Å². The van der Waals surface area contributed by atoms with E-state index in [9.17, 15) is 9.90 Å². The number of likely N-dealkylation sites (N-methyl/N-ethyl adjacent to an activating group) is 1. The largest absolute Gasteiger partial charge is 0.508 e. The number of aromatic hydroxyl groups is 1. The van der Waals surface area contributed by atoms with E-state index in [0.29, 0.717) is 13.1 Å². The van der Waals surface area contributed by atoms with Crippen LogP contribution in [0.2, 0.25) is 0 Å². The first-order valence-corrected chi connectivity index (χ1v) is 10.2. The van der Waals surface area contributed by atoms with Crippen molar-refractivity contribution in [3.8, 4) is 5.75 Å². The summed E-state index contributed by atoms with van der Waals surface area (Å²) in [5, 5.41) is 14.0. The molecule has 3 heterocycles. The highest BCUT2D eigenvalue weighted by Gasteiger charge is 2.25. The van der Waals surface area contributed by atoms with Crippen LogP contribution in [0.3, 0.4) is 0 Å². The summed E-state index contributed by atoms with van der Waals surface area (Å²) in [7, 11) is 3.95. The summed E-state index contributed by atoms with van der Waals surface area (Å²) < 4.78 is 0. The van der Waals surface area contributed by atoms with Gasteiger partial charge < -0.3 is 20.2 Å². The molecular formula is C21H23N5O2S. The van der Waals surface area contributed by atoms with E-state index in [1.807, 2.05) is 36.0 Å². The van der Waals surface area contributed by atoms with Gasteiger partial charge in [0.05, 0.1) is 11.9 Å². The zero-order chi connectivity index (χ0) is 20.4. The second kappa shape index (κ2) is 8.18. The number of aromatic nitrogens is 2. The minimum absolute atomic E-state index is 0.0409. The summed E-state index contributed by atoms with van der Waals surface area (Å²) in [6.45, 7) is 2.00. The molecule has 0 saturated carbocycles. The van der Waals surface area contributed by atoms with Crippen LogP contribution in [0.5, 0.6) is 5.75 Å². The molecule has 0 radical (unpaired) electrons. The van der Waals surface area contributed by atoms with E-state index in [0.717, 1.165) is 39.6 Å². The number of carbonyl (C=O) groups excluding carboxylic acids is 1. The van der Waals surface area contributed by atoms with Gasteiger partial charge in [0, 0.05) is 35.8 Å². The van der Waals surface area contributed by atoms with Gasteiger partial charge >= 0.3 is 0 Å². The Morgan fingerprint density at radius 1 is 1.38 bits per heavy atom. The van der Waals surface area contributed by atoms with Gasteiger partial charge in [-0.2, -0.15) is 0 Å². The van der Waals surface area contributed by atoms with Gasteiger partial charge in [-0.25, -0.2) is 9.97 Å². The molecule has 1 aliphatic rings. The molecule has 0 fully saturated rings. The number of benzene rings is 1. The number of nitrogens with one attached hydrogen (secondary N) is 1. The summed E-state index contributed by atoms with van der Waals surface area (Å²) in [5.74, 6) is 0.965. The second-order valence-electron chi connectivity index (χ2n) is 7.26. The van der Waals surface area contributed by atoms with Gasteiger partial charge in [0.25, 0.3) is 0 Å². The third kappa shape index (κ3) is 4.23. The van der Waals surface area contributed by atoms with Crippen molar-refractivity contribution in [2.45, 2.75) is 13.0 Å². The van der Waals surface area contributed by atoms with E-state index >= 15 is 0 Å². The van der Waals surface area contributed by atoms with Gasteiger partial charge in [-0.1, -0.05) is 12.1 Å². The number of phenols is 1. The molecule has 0 saturated heterocycles. The molecule has 0 aliphatic carbocycles. The molecule has 1 aromatic carbocycles. The number of rotatable bonds is 5. The Morgan fingerprint density at radius 2 is 2.24 bits per heavy atom.